The predicted octanol–water partition coefficient (Wildman–Crippen LogP) is 4.70. The molecule has 0 aliphatic carbocycles. The molecule has 1 unspecified atom stereocenters. The minimum atomic E-state index is -1.10. The van der Waals surface area contributed by atoms with Gasteiger partial charge in [-0.3, -0.25) is 0 Å². The Kier molecular flexibility index (Phi) is 9.71. The van der Waals surface area contributed by atoms with E-state index in [0.29, 0.717) is 12.2 Å². The van der Waals surface area contributed by atoms with Crippen LogP contribution in [0, 0.1) is 0 Å². The van der Waals surface area contributed by atoms with Crippen molar-refractivity contribution in [2.45, 2.75) is 49.8 Å². The van der Waals surface area contributed by atoms with Gasteiger partial charge in [-0.05, 0) is 50.5 Å². The van der Waals surface area contributed by atoms with E-state index in [-0.39, 0.29) is 11.8 Å². The molecule has 0 radical (unpaired) electrons. The molecule has 0 saturated heterocycles. The number of thioether (sulfide) groups is 1. The molecular weight excluding hydrogens is 428 g/mol. The van der Waals surface area contributed by atoms with Crippen LogP contribution in [0.2, 0.25) is 0 Å². The first-order chi connectivity index (χ1) is 15.2. The van der Waals surface area contributed by atoms with Crippen LogP contribution in [0.1, 0.15) is 31.9 Å². The number of hydrogen-bond acceptors (Lipinski definition) is 5. The van der Waals surface area contributed by atoms with Gasteiger partial charge in [0.25, 0.3) is 0 Å². The van der Waals surface area contributed by atoms with Crippen molar-refractivity contribution in [1.29, 1.82) is 0 Å². The Morgan fingerprint density at radius 2 is 1.69 bits per heavy atom. The van der Waals surface area contributed by atoms with Gasteiger partial charge in [0.15, 0.2) is 0 Å². The number of alkyl carbamates (subject to hydrolysis) is 1. The first-order valence-electron chi connectivity index (χ1n) is 10.4. The molecule has 174 valence electrons. The van der Waals surface area contributed by atoms with Crippen molar-refractivity contribution in [3.05, 3.63) is 65.7 Å². The Bertz CT molecular complexity index is 853. The molecule has 32 heavy (non-hydrogen) atoms. The molecule has 2 amide bonds. The van der Waals surface area contributed by atoms with Crippen molar-refractivity contribution >= 4 is 23.9 Å². The minimum absolute atomic E-state index is 0.221. The molecule has 3 N–H and O–H groups in total. The summed E-state index contributed by atoms with van der Waals surface area (Å²) in [6.45, 7) is 5.65. The lowest BCUT2D eigenvalue weighted by Crippen LogP contribution is -2.48. The summed E-state index contributed by atoms with van der Waals surface area (Å²) in [7, 11) is 1.62. The van der Waals surface area contributed by atoms with Crippen LogP contribution < -0.4 is 15.4 Å². The van der Waals surface area contributed by atoms with E-state index in [0.717, 1.165) is 16.9 Å². The molecule has 0 aliphatic heterocycles. The fraction of sp³-hybridized carbons (Fsp3) is 0.417. The molecule has 0 heterocycles. The van der Waals surface area contributed by atoms with Gasteiger partial charge in [-0.15, -0.1) is 11.8 Å². The van der Waals surface area contributed by atoms with Crippen molar-refractivity contribution < 1.29 is 24.2 Å². The number of rotatable bonds is 10. The highest BCUT2D eigenvalue weighted by atomic mass is 32.2. The van der Waals surface area contributed by atoms with Gasteiger partial charge in [-0.2, -0.15) is 0 Å². The van der Waals surface area contributed by atoms with Crippen LogP contribution in [0.25, 0.3) is 0 Å². The van der Waals surface area contributed by atoms with Crippen LogP contribution in [0.5, 0.6) is 5.75 Å². The Labute approximate surface area is 193 Å². The second-order valence-electron chi connectivity index (χ2n) is 8.33. The van der Waals surface area contributed by atoms with Gasteiger partial charge in [0, 0.05) is 23.6 Å². The molecule has 2 rings (SSSR count). The van der Waals surface area contributed by atoms with E-state index in [4.69, 9.17) is 9.47 Å². The van der Waals surface area contributed by atoms with Gasteiger partial charge < -0.3 is 25.2 Å². The zero-order chi connectivity index (χ0) is 23.6. The number of amides is 2. The minimum Gasteiger partial charge on any atom is -0.497 e. The molecule has 0 spiro atoms. The molecule has 2 aromatic rings. The first kappa shape index (κ1) is 25.4. The van der Waals surface area contributed by atoms with E-state index in [2.05, 4.69) is 10.6 Å². The van der Waals surface area contributed by atoms with Gasteiger partial charge in [-0.1, -0.05) is 42.5 Å². The Morgan fingerprint density at radius 3 is 2.25 bits per heavy atom. The van der Waals surface area contributed by atoms with Crippen LogP contribution >= 0.6 is 11.8 Å². The maximum absolute atomic E-state index is 12.2. The molecule has 0 fully saturated rings. The van der Waals surface area contributed by atoms with Crippen LogP contribution in [0.4, 0.5) is 9.59 Å². The van der Waals surface area contributed by atoms with E-state index in [1.165, 1.54) is 0 Å². The number of carbonyl (C=O) groups excluding carboxylic acids is 1. The zero-order valence-electron chi connectivity index (χ0n) is 19.0. The summed E-state index contributed by atoms with van der Waals surface area (Å²) >= 11 is 1.58. The number of benzene rings is 2. The van der Waals surface area contributed by atoms with Gasteiger partial charge in [-0.25, -0.2) is 9.59 Å². The number of methoxy groups -OCH3 is 1. The molecule has 8 heteroatoms. The third-order valence-electron chi connectivity index (χ3n) is 4.53. The second-order valence-corrected chi connectivity index (χ2v) is 9.55. The smallest absolute Gasteiger partial charge is 0.407 e. The first-order valence-corrected chi connectivity index (χ1v) is 11.5. The van der Waals surface area contributed by atoms with E-state index in [1.807, 2.05) is 54.6 Å². The molecule has 0 aliphatic rings. The summed E-state index contributed by atoms with van der Waals surface area (Å²) in [5.74, 6) is 1.42. The number of carbonyl (C=O) groups is 2. The number of carboxylic acid groups (broad SMARTS) is 1. The summed E-state index contributed by atoms with van der Waals surface area (Å²) in [5, 5.41) is 14.7. The number of hydrogen-bond donors (Lipinski definition) is 3. The molecule has 7 nitrogen and oxygen atoms in total. The predicted molar refractivity (Wildman–Crippen MR) is 127 cm³/mol. The Balaban J connectivity index is 2.15. The monoisotopic (exact) mass is 460 g/mol. The lowest BCUT2D eigenvalue weighted by atomic mass is 10.0. The van der Waals surface area contributed by atoms with Crippen molar-refractivity contribution in [3.8, 4) is 5.75 Å². The lowest BCUT2D eigenvalue weighted by Gasteiger charge is -2.28. The SMILES string of the molecule is COc1ccc(CSC(CNC(=O)OC(C)(C)C)[C@H](Cc2ccccc2)NC(=O)O)cc1. The maximum atomic E-state index is 12.2. The second kappa shape index (κ2) is 12.2. The van der Waals surface area contributed by atoms with E-state index in [9.17, 15) is 14.7 Å². The summed E-state index contributed by atoms with van der Waals surface area (Å²) in [6, 6.07) is 17.0. The van der Waals surface area contributed by atoms with Crippen molar-refractivity contribution in [2.75, 3.05) is 13.7 Å². The molecule has 0 aromatic heterocycles. The summed E-state index contributed by atoms with van der Waals surface area (Å²) in [5.41, 5.74) is 1.48. The fourth-order valence-electron chi connectivity index (χ4n) is 3.04. The molecule has 2 aromatic carbocycles. The third kappa shape index (κ3) is 9.51. The normalized spacial score (nSPS) is 13.0. The van der Waals surface area contributed by atoms with Crippen LogP contribution in [-0.2, 0) is 16.9 Å². The fourth-order valence-corrected chi connectivity index (χ4v) is 4.24. The van der Waals surface area contributed by atoms with Crippen molar-refractivity contribution in [2.24, 2.45) is 0 Å². The average molecular weight is 461 g/mol. The molecule has 0 saturated carbocycles. The highest BCUT2D eigenvalue weighted by Gasteiger charge is 2.26. The molecule has 2 atom stereocenters. The van der Waals surface area contributed by atoms with E-state index in [1.54, 1.807) is 39.6 Å². The topological polar surface area (TPSA) is 96.9 Å². The Morgan fingerprint density at radius 1 is 1.03 bits per heavy atom. The molecular formula is C24H32N2O5S. The Hall–Kier alpha value is -2.87. The third-order valence-corrected chi connectivity index (χ3v) is 5.95. The van der Waals surface area contributed by atoms with Crippen LogP contribution in [0.15, 0.2) is 54.6 Å². The average Bonchev–Trinajstić information content (AvgIpc) is 2.73. The zero-order valence-corrected chi connectivity index (χ0v) is 19.8. The maximum Gasteiger partial charge on any atom is 0.407 e. The summed E-state index contributed by atoms with van der Waals surface area (Å²) in [4.78, 5) is 23.7. The standard InChI is InChI=1S/C24H32N2O5S/c1-24(2,3)31-23(29)25-15-21(32-16-18-10-12-19(30-4)13-11-18)20(26-22(27)28)14-17-8-6-5-7-9-17/h5-13,20-21,26H,14-16H2,1-4H3,(H,25,29)(H,27,28)/t20-,21?/m0/s1. The number of ether oxygens (including phenoxy) is 2. The summed E-state index contributed by atoms with van der Waals surface area (Å²) in [6.07, 6.45) is -1.12. The van der Waals surface area contributed by atoms with Gasteiger partial charge in [0.2, 0.25) is 0 Å². The highest BCUT2D eigenvalue weighted by Crippen LogP contribution is 2.24. The van der Waals surface area contributed by atoms with Gasteiger partial charge in [0.05, 0.1) is 7.11 Å². The van der Waals surface area contributed by atoms with E-state index >= 15 is 0 Å². The van der Waals surface area contributed by atoms with Gasteiger partial charge in [0.1, 0.15) is 11.4 Å². The number of nitrogens with one attached hydrogen (secondary N) is 2. The van der Waals surface area contributed by atoms with Crippen molar-refractivity contribution in [3.63, 3.8) is 0 Å². The quantitative estimate of drug-likeness (QED) is 0.476. The van der Waals surface area contributed by atoms with Gasteiger partial charge >= 0.3 is 12.2 Å². The lowest BCUT2D eigenvalue weighted by molar-refractivity contribution is 0.0527. The van der Waals surface area contributed by atoms with Crippen LogP contribution in [-0.4, -0.2) is 47.8 Å². The largest absolute Gasteiger partial charge is 0.497 e. The summed E-state index contributed by atoms with van der Waals surface area (Å²) < 4.78 is 10.5. The van der Waals surface area contributed by atoms with E-state index < -0.39 is 23.8 Å². The van der Waals surface area contributed by atoms with Crippen LogP contribution in [0.3, 0.4) is 0 Å². The molecule has 0 bridgehead atoms. The highest BCUT2D eigenvalue weighted by molar-refractivity contribution is 7.99. The van der Waals surface area contributed by atoms with Crippen molar-refractivity contribution in [1.82, 2.24) is 10.6 Å².